The fourth-order valence-electron chi connectivity index (χ4n) is 3.22. The largest absolute Gasteiger partial charge is 0.376 e. The van der Waals surface area contributed by atoms with Crippen molar-refractivity contribution in [3.63, 3.8) is 0 Å². The first-order valence-corrected chi connectivity index (χ1v) is 8.86. The Morgan fingerprint density at radius 3 is 2.86 bits per heavy atom. The number of rotatable bonds is 3. The van der Waals surface area contributed by atoms with E-state index in [0.717, 1.165) is 43.9 Å². The molecule has 1 atom stereocenters. The number of nitrogens with zero attached hydrogens (tertiary/aromatic N) is 2. The maximum atomic E-state index is 12.7. The minimum Gasteiger partial charge on any atom is -0.376 e. The Morgan fingerprint density at radius 1 is 1.38 bits per heavy atom. The minimum absolute atomic E-state index is 0.0349. The third-order valence-corrected chi connectivity index (χ3v) is 5.60. The number of imide groups is 1. The molecule has 0 aliphatic carbocycles. The summed E-state index contributed by atoms with van der Waals surface area (Å²) in [5.41, 5.74) is -0.626. The van der Waals surface area contributed by atoms with Gasteiger partial charge < -0.3 is 10.1 Å². The van der Waals surface area contributed by atoms with E-state index in [2.05, 4.69) is 17.1 Å². The zero-order chi connectivity index (χ0) is 14.9. The molecule has 6 nitrogen and oxygen atoms in total. The molecule has 0 aromatic rings. The summed E-state index contributed by atoms with van der Waals surface area (Å²) in [5, 5.41) is 2.95. The van der Waals surface area contributed by atoms with Gasteiger partial charge in [0.2, 0.25) is 0 Å². The van der Waals surface area contributed by atoms with Gasteiger partial charge in [0.05, 0.1) is 19.4 Å². The Bertz CT molecular complexity index is 426. The summed E-state index contributed by atoms with van der Waals surface area (Å²) in [6.45, 7) is 4.72. The number of hydrogen-bond donors (Lipinski definition) is 1. The van der Waals surface area contributed by atoms with Gasteiger partial charge in [-0.15, -0.1) is 0 Å². The molecule has 3 fully saturated rings. The zero-order valence-corrected chi connectivity index (χ0v) is 13.3. The van der Waals surface area contributed by atoms with Crippen molar-refractivity contribution < 1.29 is 14.3 Å². The normalized spacial score (nSPS) is 30.0. The molecule has 118 valence electrons. The van der Waals surface area contributed by atoms with Crippen LogP contribution in [0.4, 0.5) is 4.79 Å². The van der Waals surface area contributed by atoms with Gasteiger partial charge in [-0.3, -0.25) is 9.69 Å². The molecule has 3 aliphatic rings. The first kappa shape index (κ1) is 15.1. The molecule has 3 saturated heterocycles. The smallest absolute Gasteiger partial charge is 0.326 e. The number of morpholine rings is 1. The van der Waals surface area contributed by atoms with Crippen molar-refractivity contribution in [1.29, 1.82) is 0 Å². The Hall–Kier alpha value is -0.790. The van der Waals surface area contributed by atoms with Crippen molar-refractivity contribution in [2.75, 3.05) is 37.9 Å². The maximum Gasteiger partial charge on any atom is 0.326 e. The third kappa shape index (κ3) is 2.91. The van der Waals surface area contributed by atoms with E-state index in [1.165, 1.54) is 4.90 Å². The highest BCUT2D eigenvalue weighted by molar-refractivity contribution is 7.99. The topological polar surface area (TPSA) is 61.9 Å². The predicted octanol–water partition coefficient (Wildman–Crippen LogP) is 0.872. The number of carbonyl (C=O) groups excluding carboxylic acids is 2. The van der Waals surface area contributed by atoms with Gasteiger partial charge in [-0.1, -0.05) is 6.92 Å². The highest BCUT2D eigenvalue weighted by Gasteiger charge is 2.51. The second kappa shape index (κ2) is 6.14. The Balaban J connectivity index is 1.65. The average molecular weight is 313 g/mol. The van der Waals surface area contributed by atoms with Crippen LogP contribution in [0.25, 0.3) is 0 Å². The van der Waals surface area contributed by atoms with Gasteiger partial charge in [0.25, 0.3) is 5.91 Å². The summed E-state index contributed by atoms with van der Waals surface area (Å²) < 4.78 is 5.64. The number of nitrogens with one attached hydrogen (secondary N) is 1. The van der Waals surface area contributed by atoms with Crippen LogP contribution in [-0.2, 0) is 9.53 Å². The molecule has 0 saturated carbocycles. The lowest BCUT2D eigenvalue weighted by atomic mass is 9.92. The average Bonchev–Trinajstić information content (AvgIpc) is 2.73. The first-order valence-electron chi connectivity index (χ1n) is 7.70. The van der Waals surface area contributed by atoms with E-state index in [1.807, 2.05) is 11.8 Å². The van der Waals surface area contributed by atoms with Crippen LogP contribution in [0.1, 0.15) is 26.2 Å². The molecule has 1 N–H and O–H groups in total. The molecule has 1 unspecified atom stereocenters. The SMILES string of the molecule is CCC1CN(CN2C(=O)NC3(CCSCC3)C2=O)CCO1. The molecule has 21 heavy (non-hydrogen) atoms. The second-order valence-corrected chi connectivity index (χ2v) is 7.20. The van der Waals surface area contributed by atoms with Gasteiger partial charge in [-0.25, -0.2) is 9.69 Å². The number of urea groups is 1. The van der Waals surface area contributed by atoms with Crippen LogP contribution in [0.15, 0.2) is 0 Å². The van der Waals surface area contributed by atoms with Crippen LogP contribution < -0.4 is 5.32 Å². The molecule has 7 heteroatoms. The van der Waals surface area contributed by atoms with Crippen LogP contribution in [0, 0.1) is 0 Å². The van der Waals surface area contributed by atoms with Gasteiger partial charge in [-0.05, 0) is 30.8 Å². The van der Waals surface area contributed by atoms with Crippen LogP contribution in [-0.4, -0.2) is 71.3 Å². The van der Waals surface area contributed by atoms with Gasteiger partial charge >= 0.3 is 6.03 Å². The number of hydrogen-bond acceptors (Lipinski definition) is 5. The monoisotopic (exact) mass is 313 g/mol. The van der Waals surface area contributed by atoms with E-state index < -0.39 is 5.54 Å². The summed E-state index contributed by atoms with van der Waals surface area (Å²) in [4.78, 5) is 28.4. The van der Waals surface area contributed by atoms with Gasteiger partial charge in [0, 0.05) is 13.1 Å². The van der Waals surface area contributed by atoms with Crippen LogP contribution >= 0.6 is 11.8 Å². The maximum absolute atomic E-state index is 12.7. The minimum atomic E-state index is -0.626. The molecule has 0 radical (unpaired) electrons. The molecule has 3 heterocycles. The fourth-order valence-corrected chi connectivity index (χ4v) is 4.41. The fraction of sp³-hybridized carbons (Fsp3) is 0.857. The molecule has 3 rings (SSSR count). The molecular formula is C14H23N3O3S. The molecule has 0 aromatic heterocycles. The Kier molecular flexibility index (Phi) is 4.42. The lowest BCUT2D eigenvalue weighted by Crippen LogP contribution is -2.51. The lowest BCUT2D eigenvalue weighted by Gasteiger charge is -2.34. The number of ether oxygens (including phenoxy) is 1. The van der Waals surface area contributed by atoms with Gasteiger partial charge in [0.15, 0.2) is 0 Å². The van der Waals surface area contributed by atoms with Crippen molar-refractivity contribution in [3.8, 4) is 0 Å². The van der Waals surface area contributed by atoms with E-state index in [-0.39, 0.29) is 18.0 Å². The van der Waals surface area contributed by atoms with Crippen LogP contribution in [0.3, 0.4) is 0 Å². The zero-order valence-electron chi connectivity index (χ0n) is 12.5. The number of thioether (sulfide) groups is 1. The van der Waals surface area contributed by atoms with E-state index in [9.17, 15) is 9.59 Å². The summed E-state index contributed by atoms with van der Waals surface area (Å²) in [7, 11) is 0. The van der Waals surface area contributed by atoms with Crippen molar-refractivity contribution >= 4 is 23.7 Å². The van der Waals surface area contributed by atoms with E-state index >= 15 is 0 Å². The van der Waals surface area contributed by atoms with E-state index in [1.54, 1.807) is 0 Å². The standard InChI is InChI=1S/C14H23N3O3S/c1-2-11-9-16(5-6-20-11)10-17-12(18)14(15-13(17)19)3-7-21-8-4-14/h11H,2-10H2,1H3,(H,15,19). The number of amides is 3. The molecular weight excluding hydrogens is 290 g/mol. The predicted molar refractivity (Wildman–Crippen MR) is 81.1 cm³/mol. The van der Waals surface area contributed by atoms with Gasteiger partial charge in [0.1, 0.15) is 5.54 Å². The highest BCUT2D eigenvalue weighted by atomic mass is 32.2. The van der Waals surface area contributed by atoms with Crippen LogP contribution in [0.5, 0.6) is 0 Å². The molecule has 1 spiro atoms. The van der Waals surface area contributed by atoms with Crippen LogP contribution in [0.2, 0.25) is 0 Å². The Labute approximate surface area is 129 Å². The third-order valence-electron chi connectivity index (χ3n) is 4.61. The number of carbonyl (C=O) groups is 2. The summed E-state index contributed by atoms with van der Waals surface area (Å²) in [6.07, 6.45) is 2.66. The molecule has 0 bridgehead atoms. The van der Waals surface area contributed by atoms with Crippen molar-refractivity contribution in [2.24, 2.45) is 0 Å². The van der Waals surface area contributed by atoms with Crippen molar-refractivity contribution in [2.45, 2.75) is 37.8 Å². The lowest BCUT2D eigenvalue weighted by molar-refractivity contribution is -0.134. The summed E-state index contributed by atoms with van der Waals surface area (Å²) in [6, 6.07) is -0.230. The molecule has 0 aromatic carbocycles. The summed E-state index contributed by atoms with van der Waals surface area (Å²) >= 11 is 1.85. The van der Waals surface area contributed by atoms with E-state index in [4.69, 9.17) is 4.74 Å². The highest BCUT2D eigenvalue weighted by Crippen LogP contribution is 2.32. The van der Waals surface area contributed by atoms with Gasteiger partial charge in [-0.2, -0.15) is 11.8 Å². The quantitative estimate of drug-likeness (QED) is 0.784. The first-order chi connectivity index (χ1) is 10.1. The molecule has 3 amide bonds. The van der Waals surface area contributed by atoms with Crippen molar-refractivity contribution in [1.82, 2.24) is 15.1 Å². The summed E-state index contributed by atoms with van der Waals surface area (Å²) in [5.74, 6) is 1.84. The molecule has 3 aliphatic heterocycles. The Morgan fingerprint density at radius 2 is 2.14 bits per heavy atom. The van der Waals surface area contributed by atoms with E-state index in [0.29, 0.717) is 13.3 Å². The van der Waals surface area contributed by atoms with Crippen molar-refractivity contribution in [3.05, 3.63) is 0 Å². The second-order valence-electron chi connectivity index (χ2n) is 5.98.